The van der Waals surface area contributed by atoms with E-state index < -0.39 is 0 Å². The summed E-state index contributed by atoms with van der Waals surface area (Å²) in [7, 11) is 0. The van der Waals surface area contributed by atoms with Crippen LogP contribution in [0, 0.1) is 6.92 Å². The molecule has 0 aromatic carbocycles. The number of hydrogen-bond acceptors (Lipinski definition) is 7. The van der Waals surface area contributed by atoms with Gasteiger partial charge in [0.15, 0.2) is 5.82 Å². The van der Waals surface area contributed by atoms with Crippen LogP contribution >= 0.6 is 11.6 Å². The Labute approximate surface area is 150 Å². The molecule has 0 radical (unpaired) electrons. The summed E-state index contributed by atoms with van der Waals surface area (Å²) in [4.78, 5) is 8.76. The summed E-state index contributed by atoms with van der Waals surface area (Å²) in [5.41, 5.74) is 1.76. The van der Waals surface area contributed by atoms with E-state index in [9.17, 15) is 0 Å². The van der Waals surface area contributed by atoms with Crippen LogP contribution in [0.15, 0.2) is 6.20 Å². The van der Waals surface area contributed by atoms with E-state index in [1.165, 1.54) is 0 Å². The lowest BCUT2D eigenvalue weighted by Gasteiger charge is -2.15. The van der Waals surface area contributed by atoms with Crippen LogP contribution in [-0.4, -0.2) is 45.6 Å². The molecule has 2 aromatic heterocycles. The molecular formula is C16H21ClN6O2. The molecule has 2 aliphatic rings. The van der Waals surface area contributed by atoms with Crippen LogP contribution in [0.1, 0.15) is 31.5 Å². The molecule has 1 saturated heterocycles. The highest BCUT2D eigenvalue weighted by atomic mass is 35.5. The lowest BCUT2D eigenvalue weighted by molar-refractivity contribution is 0.183. The van der Waals surface area contributed by atoms with E-state index in [-0.39, 0.29) is 12.1 Å². The zero-order valence-electron chi connectivity index (χ0n) is 14.3. The standard InChI is InChI=1S/C16H21ClN6O2/c1-9-3-6-25-15-13(10(2)23(22-15)11-4-5-24-8-11)20-16-18-7-12(17)14(19-9)21-16/h7,9,11H,3-6,8H2,1-2H3,(H2,18,19,20,21)/t9-,11-/m1/s1. The Morgan fingerprint density at radius 3 is 3.00 bits per heavy atom. The van der Waals surface area contributed by atoms with Crippen molar-refractivity contribution in [1.82, 2.24) is 19.7 Å². The number of nitrogens with one attached hydrogen (secondary N) is 2. The Morgan fingerprint density at radius 2 is 2.20 bits per heavy atom. The first-order valence-corrected chi connectivity index (χ1v) is 8.85. The van der Waals surface area contributed by atoms with Crippen molar-refractivity contribution < 1.29 is 9.47 Å². The van der Waals surface area contributed by atoms with Gasteiger partial charge in [-0.15, -0.1) is 5.10 Å². The number of halogens is 1. The maximum Gasteiger partial charge on any atom is 0.257 e. The minimum absolute atomic E-state index is 0.160. The molecule has 25 heavy (non-hydrogen) atoms. The third kappa shape index (κ3) is 3.23. The third-order valence-electron chi connectivity index (χ3n) is 4.52. The van der Waals surface area contributed by atoms with Crippen LogP contribution in [0.4, 0.5) is 17.5 Å². The van der Waals surface area contributed by atoms with E-state index in [1.54, 1.807) is 6.20 Å². The van der Waals surface area contributed by atoms with Crippen molar-refractivity contribution >= 4 is 29.1 Å². The second-order valence-corrected chi connectivity index (χ2v) is 6.83. The summed E-state index contributed by atoms with van der Waals surface area (Å²) in [5.74, 6) is 1.64. The first-order valence-electron chi connectivity index (χ1n) is 8.47. The molecule has 1 fully saturated rings. The summed E-state index contributed by atoms with van der Waals surface area (Å²) >= 11 is 6.20. The molecule has 4 rings (SSSR count). The zero-order valence-corrected chi connectivity index (χ0v) is 15.0. The van der Waals surface area contributed by atoms with Crippen molar-refractivity contribution in [3.05, 3.63) is 16.9 Å². The minimum atomic E-state index is 0.160. The Kier molecular flexibility index (Phi) is 4.39. The lowest BCUT2D eigenvalue weighted by Crippen LogP contribution is -2.19. The maximum absolute atomic E-state index is 6.20. The molecule has 9 heteroatoms. The molecule has 134 valence electrons. The van der Waals surface area contributed by atoms with E-state index in [2.05, 4.69) is 32.6 Å². The summed E-state index contributed by atoms with van der Waals surface area (Å²) < 4.78 is 13.4. The number of nitrogens with zero attached hydrogens (tertiary/aromatic N) is 4. The molecule has 2 bridgehead atoms. The normalized spacial score (nSPS) is 23.0. The van der Waals surface area contributed by atoms with Crippen molar-refractivity contribution in [3.63, 3.8) is 0 Å². The summed E-state index contributed by atoms with van der Waals surface area (Å²) in [5, 5.41) is 11.7. The van der Waals surface area contributed by atoms with Crippen LogP contribution in [-0.2, 0) is 4.74 Å². The van der Waals surface area contributed by atoms with E-state index in [4.69, 9.17) is 21.1 Å². The molecule has 0 aliphatic carbocycles. The van der Waals surface area contributed by atoms with Gasteiger partial charge in [-0.25, -0.2) is 4.98 Å². The molecule has 0 unspecified atom stereocenters. The molecule has 4 heterocycles. The van der Waals surface area contributed by atoms with Crippen LogP contribution in [0.5, 0.6) is 5.88 Å². The average Bonchev–Trinajstić information content (AvgIpc) is 3.20. The summed E-state index contributed by atoms with van der Waals surface area (Å²) in [6.07, 6.45) is 3.34. The second-order valence-electron chi connectivity index (χ2n) is 6.43. The van der Waals surface area contributed by atoms with Gasteiger partial charge >= 0.3 is 0 Å². The Morgan fingerprint density at radius 1 is 1.32 bits per heavy atom. The summed E-state index contributed by atoms with van der Waals surface area (Å²) in [6.45, 7) is 6.05. The number of ether oxygens (including phenoxy) is 2. The maximum atomic E-state index is 6.20. The van der Waals surface area contributed by atoms with Crippen molar-refractivity contribution in [3.8, 4) is 5.88 Å². The van der Waals surface area contributed by atoms with Gasteiger partial charge in [0.1, 0.15) is 10.7 Å². The Bertz CT molecular complexity index is 774. The van der Waals surface area contributed by atoms with Gasteiger partial charge in [-0.2, -0.15) is 4.98 Å². The average molecular weight is 365 g/mol. The number of rotatable bonds is 1. The molecule has 2 aromatic rings. The first kappa shape index (κ1) is 16.4. The fourth-order valence-corrected chi connectivity index (χ4v) is 3.23. The molecule has 2 N–H and O–H groups in total. The molecular weight excluding hydrogens is 344 g/mol. The highest BCUT2D eigenvalue weighted by molar-refractivity contribution is 6.32. The van der Waals surface area contributed by atoms with Crippen LogP contribution < -0.4 is 15.4 Å². The lowest BCUT2D eigenvalue weighted by atomic mass is 10.2. The van der Waals surface area contributed by atoms with Gasteiger partial charge in [-0.3, -0.25) is 4.68 Å². The van der Waals surface area contributed by atoms with Crippen molar-refractivity contribution in [2.24, 2.45) is 0 Å². The monoisotopic (exact) mass is 364 g/mol. The van der Waals surface area contributed by atoms with Gasteiger partial charge in [0, 0.05) is 19.1 Å². The largest absolute Gasteiger partial charge is 0.475 e. The second kappa shape index (κ2) is 6.68. The smallest absolute Gasteiger partial charge is 0.257 e. The zero-order chi connectivity index (χ0) is 17.4. The van der Waals surface area contributed by atoms with Crippen molar-refractivity contribution in [2.45, 2.75) is 38.8 Å². The Hall–Kier alpha value is -2.06. The molecule has 2 atom stereocenters. The van der Waals surface area contributed by atoms with E-state index in [0.29, 0.717) is 35.9 Å². The van der Waals surface area contributed by atoms with Gasteiger partial charge in [-0.1, -0.05) is 11.6 Å². The van der Waals surface area contributed by atoms with Crippen molar-refractivity contribution in [2.75, 3.05) is 30.5 Å². The van der Waals surface area contributed by atoms with Crippen molar-refractivity contribution in [1.29, 1.82) is 0 Å². The fraction of sp³-hybridized carbons (Fsp3) is 0.562. The quantitative estimate of drug-likeness (QED) is 0.804. The number of fused-ring (bicyclic) bond motifs is 3. The topological polar surface area (TPSA) is 86.1 Å². The highest BCUT2D eigenvalue weighted by Gasteiger charge is 2.26. The third-order valence-corrected chi connectivity index (χ3v) is 4.80. The molecule has 8 nitrogen and oxygen atoms in total. The van der Waals surface area contributed by atoms with Gasteiger partial charge in [0.05, 0.1) is 31.1 Å². The molecule has 2 aliphatic heterocycles. The number of aromatic nitrogens is 4. The molecule has 0 amide bonds. The fourth-order valence-electron chi connectivity index (χ4n) is 3.09. The van der Waals surface area contributed by atoms with E-state index in [1.807, 2.05) is 11.6 Å². The molecule has 0 saturated carbocycles. The highest BCUT2D eigenvalue weighted by Crippen LogP contribution is 2.34. The number of anilines is 3. The van der Waals surface area contributed by atoms with Gasteiger partial charge in [0.25, 0.3) is 5.88 Å². The summed E-state index contributed by atoms with van der Waals surface area (Å²) in [6, 6.07) is 0.390. The van der Waals surface area contributed by atoms with Gasteiger partial charge in [-0.05, 0) is 20.3 Å². The van der Waals surface area contributed by atoms with E-state index in [0.717, 1.165) is 30.8 Å². The number of hydrogen-bond donors (Lipinski definition) is 2. The Balaban J connectivity index is 1.74. The first-order chi connectivity index (χ1) is 12.1. The van der Waals surface area contributed by atoms with Gasteiger partial charge < -0.3 is 20.1 Å². The van der Waals surface area contributed by atoms with Gasteiger partial charge in [0.2, 0.25) is 5.95 Å². The van der Waals surface area contributed by atoms with Crippen LogP contribution in [0.25, 0.3) is 0 Å². The SMILES string of the molecule is Cc1c2c(nn1[C@@H]1CCOC1)OCC[C@@H](C)Nc1nc(ncc1Cl)N2. The predicted molar refractivity (Wildman–Crippen MR) is 95.0 cm³/mol. The van der Waals surface area contributed by atoms with E-state index >= 15 is 0 Å². The predicted octanol–water partition coefficient (Wildman–Crippen LogP) is 2.92. The minimum Gasteiger partial charge on any atom is -0.475 e. The van der Waals surface area contributed by atoms with Crippen LogP contribution in [0.2, 0.25) is 5.02 Å². The molecule has 0 spiro atoms. The van der Waals surface area contributed by atoms with Crippen LogP contribution in [0.3, 0.4) is 0 Å².